The minimum absolute atomic E-state index is 0.0362. The number of para-hydroxylation sites is 1. The van der Waals surface area contributed by atoms with Crippen LogP contribution in [0, 0.1) is 6.85 Å². The Balaban J connectivity index is 1.32. The largest absolute Gasteiger partial charge is 0.507 e. The average molecular weight is 909 g/mol. The molecule has 0 atom stereocenters. The summed E-state index contributed by atoms with van der Waals surface area (Å²) in [7, 11) is 0. The van der Waals surface area contributed by atoms with Crippen molar-refractivity contribution < 1.29 is 9.22 Å². The highest BCUT2D eigenvalue weighted by Crippen LogP contribution is 2.46. The Kier molecular flexibility index (Phi) is 11.0. The van der Waals surface area contributed by atoms with E-state index in [1.54, 1.807) is 12.1 Å². The van der Waals surface area contributed by atoms with Crippen molar-refractivity contribution in [3.8, 4) is 78.6 Å². The van der Waals surface area contributed by atoms with Crippen LogP contribution in [0.2, 0.25) is 0 Å². The van der Waals surface area contributed by atoms with Gasteiger partial charge in [0, 0.05) is 32.6 Å². The molecule has 0 saturated carbocycles. The number of aromatic nitrogens is 3. The number of hydrogen-bond acceptors (Lipinski definition) is 3. The van der Waals surface area contributed by atoms with E-state index in [-0.39, 0.29) is 27.4 Å². The maximum atomic E-state index is 12.7. The molecule has 69 heavy (non-hydrogen) atoms. The van der Waals surface area contributed by atoms with E-state index in [4.69, 9.17) is 14.1 Å². The van der Waals surface area contributed by atoms with Crippen LogP contribution in [-0.2, 0) is 21.7 Å². The lowest BCUT2D eigenvalue weighted by Gasteiger charge is -2.27. The summed E-state index contributed by atoms with van der Waals surface area (Å²) < 4.78 is 25.9. The molecule has 0 unspecified atom stereocenters. The van der Waals surface area contributed by atoms with Gasteiger partial charge in [0.2, 0.25) is 0 Å². The second-order valence-electron chi connectivity index (χ2n) is 22.8. The molecule has 2 heterocycles. The smallest absolute Gasteiger partial charge is 0.149 e. The van der Waals surface area contributed by atoms with Gasteiger partial charge in [-0.05, 0) is 127 Å². The van der Waals surface area contributed by atoms with Crippen molar-refractivity contribution in [3.05, 3.63) is 192 Å². The molecule has 0 aliphatic heterocycles. The number of imidazole rings is 1. The second-order valence-corrected chi connectivity index (χ2v) is 22.8. The molecule has 348 valence electrons. The maximum absolute atomic E-state index is 12.7. The number of rotatable bonds is 7. The Morgan fingerprint density at radius 1 is 0.449 bits per heavy atom. The first-order valence-electron chi connectivity index (χ1n) is 25.7. The fourth-order valence-electron chi connectivity index (χ4n) is 9.28. The highest BCUT2D eigenvalue weighted by Gasteiger charge is 2.30. The molecular formula is C65H67N3O. The maximum Gasteiger partial charge on any atom is 0.149 e. The molecule has 0 aliphatic rings. The number of phenolic OH excluding ortho intramolecular Hbond substituents is 1. The summed E-state index contributed by atoms with van der Waals surface area (Å²) in [6.45, 7) is 24.4. The predicted molar refractivity (Wildman–Crippen MR) is 293 cm³/mol. The molecule has 4 nitrogen and oxygen atoms in total. The van der Waals surface area contributed by atoms with Gasteiger partial charge in [-0.15, -0.1) is 0 Å². The topological polar surface area (TPSA) is 50.9 Å². The van der Waals surface area contributed by atoms with E-state index >= 15 is 0 Å². The van der Waals surface area contributed by atoms with Crippen molar-refractivity contribution in [1.29, 1.82) is 0 Å². The summed E-state index contributed by atoms with van der Waals surface area (Å²) in [6.07, 6.45) is 1.82. The molecule has 0 bridgehead atoms. The van der Waals surface area contributed by atoms with Crippen LogP contribution in [0.15, 0.2) is 164 Å². The second kappa shape index (κ2) is 17.5. The summed E-state index contributed by atoms with van der Waals surface area (Å²) in [5, 5.41) is 12.7. The lowest BCUT2D eigenvalue weighted by atomic mass is 9.79. The van der Waals surface area contributed by atoms with Gasteiger partial charge in [-0.25, -0.2) is 4.98 Å². The van der Waals surface area contributed by atoms with E-state index in [9.17, 15) is 5.11 Å². The van der Waals surface area contributed by atoms with Crippen LogP contribution >= 0.6 is 0 Å². The first kappa shape index (κ1) is 43.3. The normalized spacial score (nSPS) is 13.3. The van der Waals surface area contributed by atoms with Gasteiger partial charge in [-0.3, -0.25) is 9.55 Å². The van der Waals surface area contributed by atoms with Crippen LogP contribution in [0.25, 0.3) is 83.9 Å². The molecule has 0 spiro atoms. The van der Waals surface area contributed by atoms with Crippen molar-refractivity contribution in [2.24, 2.45) is 0 Å². The third-order valence-electron chi connectivity index (χ3n) is 13.5. The SMILES string of the molecule is [2H]C([2H])([2H])c1ccc(-c2ccnc(-c3cc(-c4cccc5c4nc(-c4cc(C(C)(C)C)cc(C(C)(C)C)c4O)n5-c4ccc(-c5ccc(C(C)(C)C)cc5)cc4-c4ccccc4)cc(C(C)(C)C)c3)c2)cc1. The molecule has 0 aliphatic carbocycles. The van der Waals surface area contributed by atoms with Crippen LogP contribution in [0.4, 0.5) is 0 Å². The Morgan fingerprint density at radius 2 is 1.06 bits per heavy atom. The molecule has 0 fully saturated rings. The van der Waals surface area contributed by atoms with Crippen molar-refractivity contribution in [3.63, 3.8) is 0 Å². The fourth-order valence-corrected chi connectivity index (χ4v) is 9.28. The number of nitrogens with zero attached hydrogens (tertiary/aromatic N) is 3. The van der Waals surface area contributed by atoms with Crippen molar-refractivity contribution in [2.45, 2.75) is 112 Å². The van der Waals surface area contributed by atoms with Gasteiger partial charge in [-0.1, -0.05) is 198 Å². The molecule has 7 aromatic carbocycles. The van der Waals surface area contributed by atoms with Gasteiger partial charge >= 0.3 is 0 Å². The summed E-state index contributed by atoms with van der Waals surface area (Å²) >= 11 is 0. The number of benzene rings is 7. The summed E-state index contributed by atoms with van der Waals surface area (Å²) in [5.74, 6) is 0.874. The third-order valence-corrected chi connectivity index (χ3v) is 13.5. The lowest BCUT2D eigenvalue weighted by Crippen LogP contribution is -2.17. The molecule has 0 amide bonds. The summed E-state index contributed by atoms with van der Waals surface area (Å²) in [6, 6.07) is 54.8. The Hall–Kier alpha value is -7.04. The summed E-state index contributed by atoms with van der Waals surface area (Å²) in [5.41, 5.74) is 17.2. The molecule has 4 heteroatoms. The number of phenols is 1. The molecular weight excluding hydrogens is 839 g/mol. The minimum atomic E-state index is -2.18. The van der Waals surface area contributed by atoms with Gasteiger partial charge in [-0.2, -0.15) is 0 Å². The number of aromatic hydroxyl groups is 1. The van der Waals surface area contributed by atoms with Gasteiger partial charge < -0.3 is 5.11 Å². The van der Waals surface area contributed by atoms with Crippen LogP contribution in [-0.4, -0.2) is 19.6 Å². The van der Waals surface area contributed by atoms with E-state index in [0.717, 1.165) is 89.2 Å². The number of pyridine rings is 1. The number of aryl methyl sites for hydroxylation is 1. The van der Waals surface area contributed by atoms with E-state index in [1.807, 2.05) is 24.4 Å². The van der Waals surface area contributed by atoms with Gasteiger partial charge in [0.05, 0.1) is 28.0 Å². The van der Waals surface area contributed by atoms with Crippen LogP contribution in [0.5, 0.6) is 5.75 Å². The molecule has 0 saturated heterocycles. The molecule has 9 rings (SSSR count). The lowest BCUT2D eigenvalue weighted by molar-refractivity contribution is 0.446. The van der Waals surface area contributed by atoms with E-state index in [1.165, 1.54) is 5.56 Å². The first-order valence-corrected chi connectivity index (χ1v) is 24.2. The van der Waals surface area contributed by atoms with Crippen LogP contribution in [0.3, 0.4) is 0 Å². The van der Waals surface area contributed by atoms with Gasteiger partial charge in [0.15, 0.2) is 0 Å². The molecule has 1 N–H and O–H groups in total. The minimum Gasteiger partial charge on any atom is -0.507 e. The monoisotopic (exact) mass is 909 g/mol. The third kappa shape index (κ3) is 9.42. The zero-order valence-corrected chi connectivity index (χ0v) is 42.4. The zero-order valence-electron chi connectivity index (χ0n) is 45.4. The molecule has 0 radical (unpaired) electrons. The van der Waals surface area contributed by atoms with E-state index in [0.29, 0.717) is 17.0 Å². The average Bonchev–Trinajstić information content (AvgIpc) is 3.72. The Labute approximate surface area is 415 Å². The standard InChI is InChI=1S/C65H67N3O/c1-41-22-24-42(25-23-41)46-32-33-66-56(38-46)48-34-47(35-50(36-48)63(5,6)7)52-20-17-21-58-59(52)67-61(54-39-51(64(8,9)10)40-55(60(54)69)65(11,12)13)68(58)57-31-28-45(37-53(57)44-18-15-14-16-19-44)43-26-29-49(30-27-43)62(2,3)4/h14-40,69H,1-13H3/i1D3. The van der Waals surface area contributed by atoms with E-state index in [2.05, 4.69) is 215 Å². The van der Waals surface area contributed by atoms with Gasteiger partial charge in [0.25, 0.3) is 0 Å². The zero-order chi connectivity index (χ0) is 51.7. The van der Waals surface area contributed by atoms with Crippen LogP contribution in [0.1, 0.15) is 115 Å². The highest BCUT2D eigenvalue weighted by atomic mass is 16.3. The Bertz CT molecular complexity index is 3460. The molecule has 2 aromatic heterocycles. The fraction of sp³-hybridized carbons (Fsp3) is 0.262. The first-order chi connectivity index (χ1) is 33.8. The molecule has 9 aromatic rings. The Morgan fingerprint density at radius 3 is 1.70 bits per heavy atom. The predicted octanol–water partition coefficient (Wildman–Crippen LogP) is 17.6. The quantitative estimate of drug-likeness (QED) is 0.173. The van der Waals surface area contributed by atoms with Gasteiger partial charge in [0.1, 0.15) is 11.6 Å². The summed E-state index contributed by atoms with van der Waals surface area (Å²) in [4.78, 5) is 10.6. The van der Waals surface area contributed by atoms with Crippen molar-refractivity contribution in [1.82, 2.24) is 14.5 Å². The number of hydrogen-bond donors (Lipinski definition) is 1. The van der Waals surface area contributed by atoms with E-state index < -0.39 is 6.85 Å². The van der Waals surface area contributed by atoms with Crippen molar-refractivity contribution in [2.75, 3.05) is 0 Å². The highest BCUT2D eigenvalue weighted by molar-refractivity contribution is 5.98. The van der Waals surface area contributed by atoms with Crippen LogP contribution < -0.4 is 0 Å². The van der Waals surface area contributed by atoms with Crippen molar-refractivity contribution >= 4 is 11.0 Å². The number of fused-ring (bicyclic) bond motifs is 1.